The highest BCUT2D eigenvalue weighted by Crippen LogP contribution is 2.43. The second-order valence-electron chi connectivity index (χ2n) is 6.00. The second kappa shape index (κ2) is 6.73. The maximum Gasteiger partial charge on any atom is 0.303 e. The molecule has 0 heterocycles. The molecule has 0 amide bonds. The van der Waals surface area contributed by atoms with Crippen LogP contribution in [-0.4, -0.2) is 21.3 Å². The van der Waals surface area contributed by atoms with Gasteiger partial charge in [0, 0.05) is 11.8 Å². The van der Waals surface area contributed by atoms with Gasteiger partial charge in [0.1, 0.15) is 11.5 Å². The van der Waals surface area contributed by atoms with E-state index in [1.165, 1.54) is 0 Å². The van der Waals surface area contributed by atoms with Crippen LogP contribution in [0.4, 0.5) is 0 Å². The zero-order valence-corrected chi connectivity index (χ0v) is 13.4. The minimum absolute atomic E-state index is 0.0504. The molecule has 122 valence electrons. The average molecular weight is 314 g/mol. The van der Waals surface area contributed by atoms with Gasteiger partial charge in [-0.1, -0.05) is 44.5 Å². The molecule has 2 aromatic rings. The molecule has 4 nitrogen and oxygen atoms in total. The summed E-state index contributed by atoms with van der Waals surface area (Å²) in [6.07, 6.45) is 0.749. The van der Waals surface area contributed by atoms with E-state index in [1.54, 1.807) is 24.3 Å². The van der Waals surface area contributed by atoms with Crippen molar-refractivity contribution in [2.45, 2.75) is 32.1 Å². The van der Waals surface area contributed by atoms with Crippen LogP contribution in [0.2, 0.25) is 0 Å². The Morgan fingerprint density at radius 2 is 1.35 bits per heavy atom. The van der Waals surface area contributed by atoms with Crippen molar-refractivity contribution < 1.29 is 20.1 Å². The molecule has 0 aromatic heterocycles. The Labute approximate surface area is 136 Å². The van der Waals surface area contributed by atoms with Gasteiger partial charge >= 0.3 is 5.97 Å². The maximum absolute atomic E-state index is 11.3. The molecule has 0 aliphatic rings. The molecule has 0 aliphatic carbocycles. The van der Waals surface area contributed by atoms with Gasteiger partial charge in [-0.3, -0.25) is 4.79 Å². The summed E-state index contributed by atoms with van der Waals surface area (Å²) < 4.78 is 0. The van der Waals surface area contributed by atoms with Crippen molar-refractivity contribution >= 4 is 5.97 Å². The summed E-state index contributed by atoms with van der Waals surface area (Å²) in [6.45, 7) is 4.00. The predicted octanol–water partition coefficient (Wildman–Crippen LogP) is 3.90. The van der Waals surface area contributed by atoms with Crippen molar-refractivity contribution in [2.75, 3.05) is 0 Å². The van der Waals surface area contributed by atoms with Crippen LogP contribution in [0.1, 0.15) is 37.8 Å². The topological polar surface area (TPSA) is 77.8 Å². The minimum atomic E-state index is -0.833. The predicted molar refractivity (Wildman–Crippen MR) is 88.7 cm³/mol. The van der Waals surface area contributed by atoms with Crippen LogP contribution in [-0.2, 0) is 10.2 Å². The van der Waals surface area contributed by atoms with Gasteiger partial charge in [-0.15, -0.1) is 0 Å². The summed E-state index contributed by atoms with van der Waals surface area (Å²) in [5.41, 5.74) is 1.34. The molecule has 0 radical (unpaired) electrons. The molecule has 0 bridgehead atoms. The van der Waals surface area contributed by atoms with Crippen molar-refractivity contribution in [3.63, 3.8) is 0 Å². The van der Waals surface area contributed by atoms with E-state index in [1.807, 2.05) is 38.1 Å². The molecule has 2 rings (SSSR count). The van der Waals surface area contributed by atoms with Gasteiger partial charge in [-0.2, -0.15) is 0 Å². The number of hydrogen-bond acceptors (Lipinski definition) is 3. The number of phenols is 2. The molecular weight excluding hydrogens is 292 g/mol. The normalized spacial score (nSPS) is 12.8. The lowest BCUT2D eigenvalue weighted by Crippen LogP contribution is -2.34. The average Bonchev–Trinajstić information content (AvgIpc) is 2.53. The quantitative estimate of drug-likeness (QED) is 0.755. The van der Waals surface area contributed by atoms with Crippen LogP contribution in [0.3, 0.4) is 0 Å². The first kappa shape index (κ1) is 16.9. The lowest BCUT2D eigenvalue weighted by Gasteiger charge is -2.38. The second-order valence-corrected chi connectivity index (χ2v) is 6.00. The number of aliphatic carboxylic acids is 1. The van der Waals surface area contributed by atoms with Crippen molar-refractivity contribution in [2.24, 2.45) is 5.92 Å². The molecule has 0 aliphatic heterocycles. The summed E-state index contributed by atoms with van der Waals surface area (Å²) in [6, 6.07) is 13.8. The molecule has 0 saturated carbocycles. The smallest absolute Gasteiger partial charge is 0.303 e. The van der Waals surface area contributed by atoms with E-state index in [9.17, 15) is 20.1 Å². The van der Waals surface area contributed by atoms with Crippen molar-refractivity contribution in [1.82, 2.24) is 0 Å². The Bertz CT molecular complexity index is 613. The first-order valence-corrected chi connectivity index (χ1v) is 7.68. The summed E-state index contributed by atoms with van der Waals surface area (Å²) in [4.78, 5) is 11.3. The standard InChI is InChI=1S/C19H22O4/c1-3-13(12-18(22)23)19(2,14-4-8-16(20)9-5-14)15-6-10-17(21)11-7-15/h4-11,13,20-21H,3,12H2,1-2H3,(H,22,23). The number of carboxylic acid groups (broad SMARTS) is 1. The number of rotatable bonds is 6. The van der Waals surface area contributed by atoms with Gasteiger partial charge in [0.25, 0.3) is 0 Å². The molecule has 2 aromatic carbocycles. The molecule has 1 atom stereocenters. The lowest BCUT2D eigenvalue weighted by atomic mass is 9.65. The summed E-state index contributed by atoms with van der Waals surface area (Å²) >= 11 is 0. The first-order chi connectivity index (χ1) is 10.9. The Morgan fingerprint density at radius 1 is 0.957 bits per heavy atom. The van der Waals surface area contributed by atoms with Crippen LogP contribution in [0.15, 0.2) is 48.5 Å². The van der Waals surface area contributed by atoms with Gasteiger partial charge in [-0.25, -0.2) is 0 Å². The van der Waals surface area contributed by atoms with Gasteiger partial charge in [0.2, 0.25) is 0 Å². The third kappa shape index (κ3) is 3.47. The third-order valence-electron chi connectivity index (χ3n) is 4.66. The monoisotopic (exact) mass is 314 g/mol. The number of benzene rings is 2. The van der Waals surface area contributed by atoms with Gasteiger partial charge < -0.3 is 15.3 Å². The van der Waals surface area contributed by atoms with Crippen molar-refractivity contribution in [3.05, 3.63) is 59.7 Å². The third-order valence-corrected chi connectivity index (χ3v) is 4.66. The fraction of sp³-hybridized carbons (Fsp3) is 0.316. The molecule has 0 spiro atoms. The van der Waals surface area contributed by atoms with Gasteiger partial charge in [0.15, 0.2) is 0 Å². The molecule has 0 fully saturated rings. The summed E-state index contributed by atoms with van der Waals surface area (Å²) in [7, 11) is 0. The number of carboxylic acids is 1. The SMILES string of the molecule is CCC(CC(=O)O)C(C)(c1ccc(O)cc1)c1ccc(O)cc1. The van der Waals surface area contributed by atoms with Gasteiger partial charge in [0.05, 0.1) is 0 Å². The molecule has 0 saturated heterocycles. The van der Waals surface area contributed by atoms with Crippen molar-refractivity contribution in [3.8, 4) is 11.5 Å². The van der Waals surface area contributed by atoms with E-state index in [0.717, 1.165) is 11.1 Å². The Kier molecular flexibility index (Phi) is 4.94. The molecule has 4 heteroatoms. The maximum atomic E-state index is 11.3. The van der Waals surface area contributed by atoms with Crippen LogP contribution in [0, 0.1) is 5.92 Å². The zero-order chi connectivity index (χ0) is 17.0. The van der Waals surface area contributed by atoms with Crippen LogP contribution in [0.25, 0.3) is 0 Å². The molecule has 1 unspecified atom stereocenters. The highest BCUT2D eigenvalue weighted by Gasteiger charge is 2.37. The van der Waals surface area contributed by atoms with Gasteiger partial charge in [-0.05, 0) is 41.3 Å². The Balaban J connectivity index is 2.59. The van der Waals surface area contributed by atoms with E-state index in [-0.39, 0.29) is 23.8 Å². The molecule has 23 heavy (non-hydrogen) atoms. The Morgan fingerprint density at radius 3 is 1.65 bits per heavy atom. The summed E-state index contributed by atoms with van der Waals surface area (Å²) in [5, 5.41) is 28.4. The number of phenolic OH excluding ortho intramolecular Hbond substituents is 2. The van der Waals surface area contributed by atoms with E-state index in [2.05, 4.69) is 0 Å². The number of aromatic hydroxyl groups is 2. The van der Waals surface area contributed by atoms with E-state index >= 15 is 0 Å². The fourth-order valence-electron chi connectivity index (χ4n) is 3.22. The number of hydrogen-bond donors (Lipinski definition) is 3. The zero-order valence-electron chi connectivity index (χ0n) is 13.4. The van der Waals surface area contributed by atoms with Crippen LogP contribution >= 0.6 is 0 Å². The van der Waals surface area contributed by atoms with E-state index in [0.29, 0.717) is 6.42 Å². The van der Waals surface area contributed by atoms with E-state index in [4.69, 9.17) is 0 Å². The molecule has 3 N–H and O–H groups in total. The fourth-order valence-corrected chi connectivity index (χ4v) is 3.22. The van der Waals surface area contributed by atoms with E-state index < -0.39 is 11.4 Å². The minimum Gasteiger partial charge on any atom is -0.508 e. The first-order valence-electron chi connectivity index (χ1n) is 7.68. The number of carbonyl (C=O) groups is 1. The Hall–Kier alpha value is -2.49. The highest BCUT2D eigenvalue weighted by molar-refractivity contribution is 5.67. The highest BCUT2D eigenvalue weighted by atomic mass is 16.4. The van der Waals surface area contributed by atoms with Crippen LogP contribution in [0.5, 0.6) is 11.5 Å². The lowest BCUT2D eigenvalue weighted by molar-refractivity contribution is -0.138. The largest absolute Gasteiger partial charge is 0.508 e. The molecular formula is C19H22O4. The van der Waals surface area contributed by atoms with Crippen LogP contribution < -0.4 is 0 Å². The van der Waals surface area contributed by atoms with Crippen molar-refractivity contribution in [1.29, 1.82) is 0 Å². The summed E-state index contributed by atoms with van der Waals surface area (Å²) in [5.74, 6) is -0.601.